The van der Waals surface area contributed by atoms with Gasteiger partial charge >= 0.3 is 5.69 Å². The molecule has 10 heteroatoms. The summed E-state index contributed by atoms with van der Waals surface area (Å²) in [7, 11) is 0. The van der Waals surface area contributed by atoms with E-state index in [1.165, 1.54) is 20.8 Å². The molecule has 35 heavy (non-hydrogen) atoms. The zero-order chi connectivity index (χ0) is 25.5. The molecular weight excluding hydrogens is 466 g/mol. The third kappa shape index (κ3) is 6.39. The largest absolute Gasteiger partial charge is 0.494 e. The molecule has 0 aliphatic heterocycles. The van der Waals surface area contributed by atoms with E-state index < -0.39 is 11.2 Å². The van der Waals surface area contributed by atoms with E-state index in [1.54, 1.807) is 0 Å². The fourth-order valence-corrected chi connectivity index (χ4v) is 4.52. The van der Waals surface area contributed by atoms with E-state index in [9.17, 15) is 14.4 Å². The number of nitrogens with two attached hydrogens (primary N) is 1. The molecule has 3 aromatic rings. The molecule has 2 heterocycles. The highest BCUT2D eigenvalue weighted by Crippen LogP contribution is 2.27. The highest BCUT2D eigenvalue weighted by atomic mass is 32.1. The van der Waals surface area contributed by atoms with E-state index in [0.717, 1.165) is 22.7 Å². The van der Waals surface area contributed by atoms with E-state index in [-0.39, 0.29) is 29.8 Å². The van der Waals surface area contributed by atoms with Crippen molar-refractivity contribution in [3.05, 3.63) is 56.2 Å². The summed E-state index contributed by atoms with van der Waals surface area (Å²) in [6.07, 6.45) is 1.52. The molecule has 0 saturated carbocycles. The fraction of sp³-hybridized carbons (Fsp3) is 0.440. The molecular formula is C25H33N5O4S. The second-order valence-corrected chi connectivity index (χ2v) is 9.53. The van der Waals surface area contributed by atoms with Gasteiger partial charge in [-0.25, -0.2) is 9.78 Å². The van der Waals surface area contributed by atoms with Gasteiger partial charge in [0.1, 0.15) is 16.6 Å². The number of thiazole rings is 1. The first-order valence-electron chi connectivity index (χ1n) is 11.9. The molecule has 9 nitrogen and oxygen atoms in total. The summed E-state index contributed by atoms with van der Waals surface area (Å²) in [5.74, 6) is 0.625. The normalized spacial score (nSPS) is 11.1. The van der Waals surface area contributed by atoms with Crippen LogP contribution < -0.4 is 26.6 Å². The number of nitrogen functional groups attached to an aromatic ring is 1. The number of hydrogen-bond acceptors (Lipinski definition) is 7. The molecule has 0 fully saturated rings. The Hall–Kier alpha value is -3.40. The van der Waals surface area contributed by atoms with Crippen molar-refractivity contribution in [2.24, 2.45) is 5.92 Å². The Bertz CT molecular complexity index is 1260. The summed E-state index contributed by atoms with van der Waals surface area (Å²) >= 11 is 1.45. The van der Waals surface area contributed by atoms with Gasteiger partial charge in [0.2, 0.25) is 5.91 Å². The quantitative estimate of drug-likeness (QED) is 0.415. The minimum absolute atomic E-state index is 0.00487. The number of hydrogen-bond donors (Lipinski definition) is 2. The van der Waals surface area contributed by atoms with E-state index in [0.29, 0.717) is 31.8 Å². The van der Waals surface area contributed by atoms with Crippen LogP contribution in [0.4, 0.5) is 11.5 Å². The van der Waals surface area contributed by atoms with Gasteiger partial charge in [0.15, 0.2) is 5.69 Å². The second kappa shape index (κ2) is 11.8. The summed E-state index contributed by atoms with van der Waals surface area (Å²) in [6.45, 7) is 9.07. The Morgan fingerprint density at radius 2 is 1.94 bits per heavy atom. The van der Waals surface area contributed by atoms with Crippen LogP contribution in [0.15, 0.2) is 39.2 Å². The Balaban J connectivity index is 1.88. The van der Waals surface area contributed by atoms with Gasteiger partial charge in [0, 0.05) is 24.0 Å². The summed E-state index contributed by atoms with van der Waals surface area (Å²) in [5.41, 5.74) is 6.60. The lowest BCUT2D eigenvalue weighted by Crippen LogP contribution is -2.42. The Morgan fingerprint density at radius 3 is 2.57 bits per heavy atom. The van der Waals surface area contributed by atoms with Crippen LogP contribution in [0.25, 0.3) is 10.6 Å². The molecule has 3 N–H and O–H groups in total. The van der Waals surface area contributed by atoms with Gasteiger partial charge in [-0.3, -0.25) is 19.1 Å². The van der Waals surface area contributed by atoms with Gasteiger partial charge in [-0.2, -0.15) is 0 Å². The van der Waals surface area contributed by atoms with E-state index in [2.05, 4.69) is 9.97 Å². The van der Waals surface area contributed by atoms with E-state index in [1.807, 2.05) is 57.3 Å². The zero-order valence-corrected chi connectivity index (χ0v) is 21.5. The predicted molar refractivity (Wildman–Crippen MR) is 140 cm³/mol. The lowest BCUT2D eigenvalue weighted by atomic mass is 10.2. The van der Waals surface area contributed by atoms with Gasteiger partial charge in [0.05, 0.1) is 18.7 Å². The maximum atomic E-state index is 13.4. The van der Waals surface area contributed by atoms with Crippen LogP contribution in [0, 0.1) is 5.92 Å². The van der Waals surface area contributed by atoms with E-state index >= 15 is 0 Å². The van der Waals surface area contributed by atoms with Crippen LogP contribution in [0.1, 0.15) is 46.2 Å². The molecule has 188 valence electrons. The summed E-state index contributed by atoms with van der Waals surface area (Å²) in [6, 6.07) is 7.64. The van der Waals surface area contributed by atoms with Gasteiger partial charge < -0.3 is 15.4 Å². The number of H-pyrrole nitrogens is 1. The number of nitrogens with zero attached hydrogens (tertiary/aromatic N) is 3. The van der Waals surface area contributed by atoms with Crippen molar-refractivity contribution in [1.29, 1.82) is 0 Å². The van der Waals surface area contributed by atoms with Gasteiger partial charge in [-0.1, -0.05) is 27.2 Å². The van der Waals surface area contributed by atoms with Crippen molar-refractivity contribution in [1.82, 2.24) is 14.5 Å². The average molecular weight is 500 g/mol. The number of nitrogens with one attached hydrogen (secondary N) is 1. The third-order valence-electron chi connectivity index (χ3n) is 5.36. The van der Waals surface area contributed by atoms with Crippen LogP contribution in [-0.2, 0) is 17.8 Å². The zero-order valence-electron chi connectivity index (χ0n) is 20.7. The standard InChI is InChI=1S/C25H33N5O4S/c1-5-7-12-29(21-22(26)30(14-16(3)4)25(33)28-23(21)32)20(31)13-18-15-35-24(27-18)17-8-10-19(11-9-17)34-6-2/h8-11,15-16H,5-7,12-14,26H2,1-4H3,(H,28,32,33). The third-order valence-corrected chi connectivity index (χ3v) is 6.30. The Labute approximate surface area is 208 Å². The number of anilines is 2. The molecule has 0 saturated heterocycles. The topological polar surface area (TPSA) is 123 Å². The monoisotopic (exact) mass is 499 g/mol. The van der Waals surface area contributed by atoms with E-state index in [4.69, 9.17) is 10.5 Å². The van der Waals surface area contributed by atoms with Crippen molar-refractivity contribution in [2.45, 2.75) is 53.5 Å². The first kappa shape index (κ1) is 26.2. The van der Waals surface area contributed by atoms with Crippen LogP contribution in [0.5, 0.6) is 5.75 Å². The minimum Gasteiger partial charge on any atom is -0.494 e. The van der Waals surface area contributed by atoms with Crippen molar-refractivity contribution >= 4 is 28.7 Å². The number of ether oxygens (including phenoxy) is 1. The summed E-state index contributed by atoms with van der Waals surface area (Å²) in [4.78, 5) is 46.8. The van der Waals surface area contributed by atoms with Gasteiger partial charge in [0.25, 0.3) is 5.56 Å². The number of amides is 1. The summed E-state index contributed by atoms with van der Waals surface area (Å²) < 4.78 is 6.80. The van der Waals surface area contributed by atoms with Crippen molar-refractivity contribution in [3.63, 3.8) is 0 Å². The fourth-order valence-electron chi connectivity index (χ4n) is 3.69. The molecule has 1 aromatic carbocycles. The van der Waals surface area contributed by atoms with Gasteiger partial charge in [-0.05, 0) is 43.5 Å². The number of aromatic amines is 1. The molecule has 0 aliphatic rings. The molecule has 0 aliphatic carbocycles. The van der Waals surface area contributed by atoms with Crippen LogP contribution in [0.3, 0.4) is 0 Å². The molecule has 0 unspecified atom stereocenters. The molecule has 3 rings (SSSR count). The predicted octanol–water partition coefficient (Wildman–Crippen LogP) is 3.67. The molecule has 2 aromatic heterocycles. The van der Waals surface area contributed by atoms with Crippen molar-refractivity contribution in [2.75, 3.05) is 23.8 Å². The molecule has 0 bridgehead atoms. The highest BCUT2D eigenvalue weighted by Gasteiger charge is 2.25. The average Bonchev–Trinajstić information content (AvgIpc) is 3.27. The molecule has 0 spiro atoms. The van der Waals surface area contributed by atoms with Crippen LogP contribution in [-0.4, -0.2) is 33.6 Å². The Kier molecular flexibility index (Phi) is 8.86. The number of carbonyl (C=O) groups excluding carboxylic acids is 1. The number of carbonyl (C=O) groups is 1. The highest BCUT2D eigenvalue weighted by molar-refractivity contribution is 7.13. The van der Waals surface area contributed by atoms with Crippen LogP contribution in [0.2, 0.25) is 0 Å². The molecule has 0 atom stereocenters. The lowest BCUT2D eigenvalue weighted by Gasteiger charge is -2.24. The summed E-state index contributed by atoms with van der Waals surface area (Å²) in [5, 5.41) is 2.63. The van der Waals surface area contributed by atoms with Crippen molar-refractivity contribution in [3.8, 4) is 16.3 Å². The SMILES string of the molecule is CCCCN(C(=O)Cc1csc(-c2ccc(OCC)cc2)n1)c1c(N)n(CC(C)C)c(=O)[nH]c1=O. The second-order valence-electron chi connectivity index (χ2n) is 8.67. The molecule has 1 amide bonds. The number of aromatic nitrogens is 3. The number of unbranched alkanes of at least 4 members (excludes halogenated alkanes) is 1. The molecule has 0 radical (unpaired) electrons. The maximum Gasteiger partial charge on any atom is 0.330 e. The first-order chi connectivity index (χ1) is 16.7. The lowest BCUT2D eigenvalue weighted by molar-refractivity contribution is -0.118. The first-order valence-corrected chi connectivity index (χ1v) is 12.7. The maximum absolute atomic E-state index is 13.4. The number of rotatable bonds is 11. The minimum atomic E-state index is -0.662. The smallest absolute Gasteiger partial charge is 0.330 e. The Morgan fingerprint density at radius 1 is 1.23 bits per heavy atom. The number of benzene rings is 1. The van der Waals surface area contributed by atoms with Crippen LogP contribution >= 0.6 is 11.3 Å². The van der Waals surface area contributed by atoms with Gasteiger partial charge in [-0.15, -0.1) is 11.3 Å². The van der Waals surface area contributed by atoms with Crippen molar-refractivity contribution < 1.29 is 9.53 Å².